The molecule has 0 aliphatic carbocycles. The summed E-state index contributed by atoms with van der Waals surface area (Å²) in [6.07, 6.45) is 6.30. The molecule has 132 valence electrons. The lowest BCUT2D eigenvalue weighted by atomic mass is 10.1. The lowest BCUT2D eigenvalue weighted by molar-refractivity contribution is 0.197. The van der Waals surface area contributed by atoms with Crippen LogP contribution in [-0.2, 0) is 20.0 Å². The molecule has 1 aromatic rings. The molecular formula is C19H33O3P. The topological polar surface area (TPSA) is 35.5 Å². The zero-order valence-electron chi connectivity index (χ0n) is 15.0. The molecule has 0 fully saturated rings. The Balaban J connectivity index is 2.32. The third-order valence-electron chi connectivity index (χ3n) is 3.74. The van der Waals surface area contributed by atoms with Gasteiger partial charge in [-0.2, -0.15) is 0 Å². The average molecular weight is 340 g/mol. The number of unbranched alkanes of at least 4 members (excludes halogenated alkanes) is 1. The minimum atomic E-state index is -2.92. The standard InChI is InChI=1S/C19H33O3P/c1-4-5-17-23(20,21-15-9-11-18(2)3)22-16-10-14-19-12-7-6-8-13-19/h6-8,12-13,18H,4-5,9-11,14-17H2,1-3H3. The van der Waals surface area contributed by atoms with Crippen LogP contribution in [0.4, 0.5) is 0 Å². The first kappa shape index (κ1) is 20.4. The molecule has 1 aromatic carbocycles. The van der Waals surface area contributed by atoms with Crippen molar-refractivity contribution in [1.29, 1.82) is 0 Å². The zero-order valence-corrected chi connectivity index (χ0v) is 15.9. The van der Waals surface area contributed by atoms with Crippen LogP contribution in [0.3, 0.4) is 0 Å². The predicted octanol–water partition coefficient (Wildman–Crippen LogP) is 6.08. The quantitative estimate of drug-likeness (QED) is 0.322. The third kappa shape index (κ3) is 9.96. The molecule has 0 aliphatic heterocycles. The number of aryl methyl sites for hydroxylation is 1. The van der Waals surface area contributed by atoms with E-state index in [4.69, 9.17) is 9.05 Å². The van der Waals surface area contributed by atoms with Crippen LogP contribution in [0.2, 0.25) is 0 Å². The van der Waals surface area contributed by atoms with Gasteiger partial charge in [-0.05, 0) is 43.6 Å². The van der Waals surface area contributed by atoms with Gasteiger partial charge in [0.15, 0.2) is 0 Å². The summed E-state index contributed by atoms with van der Waals surface area (Å²) in [6.45, 7) is 7.52. The van der Waals surface area contributed by atoms with Gasteiger partial charge < -0.3 is 9.05 Å². The Morgan fingerprint density at radius 2 is 1.65 bits per heavy atom. The van der Waals surface area contributed by atoms with Gasteiger partial charge in [-0.3, -0.25) is 4.57 Å². The lowest BCUT2D eigenvalue weighted by Gasteiger charge is -2.19. The zero-order chi connectivity index (χ0) is 17.0. The highest BCUT2D eigenvalue weighted by atomic mass is 31.2. The summed E-state index contributed by atoms with van der Waals surface area (Å²) < 4.78 is 24.1. The van der Waals surface area contributed by atoms with Crippen molar-refractivity contribution < 1.29 is 13.6 Å². The molecule has 0 N–H and O–H groups in total. The second-order valence-electron chi connectivity index (χ2n) is 6.48. The normalized spacial score (nSPS) is 14.1. The first-order valence-electron chi connectivity index (χ1n) is 8.98. The van der Waals surface area contributed by atoms with E-state index in [-0.39, 0.29) is 0 Å². The van der Waals surface area contributed by atoms with Crippen LogP contribution in [0.15, 0.2) is 30.3 Å². The smallest absolute Gasteiger partial charge is 0.309 e. The third-order valence-corrected chi connectivity index (χ3v) is 5.76. The van der Waals surface area contributed by atoms with Gasteiger partial charge in [-0.15, -0.1) is 0 Å². The van der Waals surface area contributed by atoms with Crippen molar-refractivity contribution in [3.8, 4) is 0 Å². The van der Waals surface area contributed by atoms with E-state index in [1.165, 1.54) is 5.56 Å². The van der Waals surface area contributed by atoms with Crippen molar-refractivity contribution in [2.75, 3.05) is 19.4 Å². The molecule has 1 unspecified atom stereocenters. The lowest BCUT2D eigenvalue weighted by Crippen LogP contribution is -2.04. The van der Waals surface area contributed by atoms with E-state index in [0.29, 0.717) is 25.3 Å². The SMILES string of the molecule is CCCCP(=O)(OCCCc1ccccc1)OCCCC(C)C. The van der Waals surface area contributed by atoms with Crippen LogP contribution in [0.5, 0.6) is 0 Å². The summed E-state index contributed by atoms with van der Waals surface area (Å²) in [4.78, 5) is 0. The molecule has 0 bridgehead atoms. The average Bonchev–Trinajstić information content (AvgIpc) is 2.55. The number of hydrogen-bond donors (Lipinski definition) is 0. The first-order chi connectivity index (χ1) is 11.1. The molecule has 0 aliphatic rings. The van der Waals surface area contributed by atoms with E-state index < -0.39 is 7.60 Å². The Morgan fingerprint density at radius 3 is 2.26 bits per heavy atom. The van der Waals surface area contributed by atoms with Crippen LogP contribution in [0, 0.1) is 5.92 Å². The monoisotopic (exact) mass is 340 g/mol. The Hall–Kier alpha value is -0.630. The van der Waals surface area contributed by atoms with Crippen molar-refractivity contribution in [2.24, 2.45) is 5.92 Å². The first-order valence-corrected chi connectivity index (χ1v) is 10.7. The highest BCUT2D eigenvalue weighted by molar-refractivity contribution is 7.53. The number of rotatable bonds is 13. The fourth-order valence-corrected chi connectivity index (χ4v) is 4.19. The van der Waals surface area contributed by atoms with Gasteiger partial charge in [0.1, 0.15) is 0 Å². The molecule has 1 rings (SSSR count). The summed E-state index contributed by atoms with van der Waals surface area (Å²) in [5.41, 5.74) is 1.29. The summed E-state index contributed by atoms with van der Waals surface area (Å²) >= 11 is 0. The number of benzene rings is 1. The molecular weight excluding hydrogens is 307 g/mol. The van der Waals surface area contributed by atoms with Gasteiger partial charge in [-0.1, -0.05) is 57.5 Å². The van der Waals surface area contributed by atoms with Gasteiger partial charge in [0, 0.05) is 0 Å². The molecule has 0 aromatic heterocycles. The van der Waals surface area contributed by atoms with Crippen LogP contribution in [0.25, 0.3) is 0 Å². The maximum absolute atomic E-state index is 12.8. The van der Waals surface area contributed by atoms with Crippen molar-refractivity contribution in [3.05, 3.63) is 35.9 Å². The molecule has 4 heteroatoms. The molecule has 0 spiro atoms. The fourth-order valence-electron chi connectivity index (χ4n) is 2.34. The van der Waals surface area contributed by atoms with E-state index in [9.17, 15) is 4.57 Å². The summed E-state index contributed by atoms with van der Waals surface area (Å²) in [6, 6.07) is 10.3. The largest absolute Gasteiger partial charge is 0.330 e. The molecule has 3 nitrogen and oxygen atoms in total. The van der Waals surface area contributed by atoms with E-state index >= 15 is 0 Å². The molecule has 1 atom stereocenters. The van der Waals surface area contributed by atoms with Crippen LogP contribution >= 0.6 is 7.60 Å². The van der Waals surface area contributed by atoms with Gasteiger partial charge in [-0.25, -0.2) is 0 Å². The second-order valence-corrected chi connectivity index (χ2v) is 8.67. The van der Waals surface area contributed by atoms with E-state index in [0.717, 1.165) is 38.5 Å². The molecule has 0 saturated carbocycles. The Bertz CT molecular complexity index is 445. The summed E-state index contributed by atoms with van der Waals surface area (Å²) in [5.74, 6) is 0.653. The minimum Gasteiger partial charge on any atom is -0.309 e. The maximum atomic E-state index is 12.8. The van der Waals surface area contributed by atoms with E-state index in [1.54, 1.807) is 0 Å². The highest BCUT2D eigenvalue weighted by Gasteiger charge is 2.23. The Labute approximate surface area is 142 Å². The fraction of sp³-hybridized carbons (Fsp3) is 0.684. The van der Waals surface area contributed by atoms with Gasteiger partial charge in [0.25, 0.3) is 0 Å². The van der Waals surface area contributed by atoms with Gasteiger partial charge in [0.05, 0.1) is 19.4 Å². The second kappa shape index (κ2) is 11.8. The molecule has 0 saturated heterocycles. The molecule has 0 heterocycles. The summed E-state index contributed by atoms with van der Waals surface area (Å²) in [5, 5.41) is 0. The molecule has 23 heavy (non-hydrogen) atoms. The van der Waals surface area contributed by atoms with Crippen molar-refractivity contribution in [2.45, 2.75) is 59.3 Å². The number of hydrogen-bond acceptors (Lipinski definition) is 3. The van der Waals surface area contributed by atoms with Crippen LogP contribution in [0.1, 0.15) is 58.4 Å². The maximum Gasteiger partial charge on any atom is 0.330 e. The van der Waals surface area contributed by atoms with Gasteiger partial charge in [0.2, 0.25) is 0 Å². The van der Waals surface area contributed by atoms with Crippen LogP contribution in [-0.4, -0.2) is 19.4 Å². The molecule has 0 amide bonds. The Morgan fingerprint density at radius 1 is 1.00 bits per heavy atom. The Kier molecular flexibility index (Phi) is 10.5. The van der Waals surface area contributed by atoms with Crippen LogP contribution < -0.4 is 0 Å². The molecule has 0 radical (unpaired) electrons. The van der Waals surface area contributed by atoms with Gasteiger partial charge >= 0.3 is 7.60 Å². The predicted molar refractivity (Wildman–Crippen MR) is 98.1 cm³/mol. The van der Waals surface area contributed by atoms with E-state index in [1.807, 2.05) is 18.2 Å². The minimum absolute atomic E-state index is 0.500. The highest BCUT2D eigenvalue weighted by Crippen LogP contribution is 2.49. The van der Waals surface area contributed by atoms with Crippen molar-refractivity contribution in [3.63, 3.8) is 0 Å². The van der Waals surface area contributed by atoms with Crippen molar-refractivity contribution in [1.82, 2.24) is 0 Å². The summed E-state index contributed by atoms with van der Waals surface area (Å²) in [7, 11) is -2.92. The van der Waals surface area contributed by atoms with E-state index in [2.05, 4.69) is 32.9 Å². The van der Waals surface area contributed by atoms with Crippen molar-refractivity contribution >= 4 is 7.60 Å².